The van der Waals surface area contributed by atoms with Gasteiger partial charge in [0, 0.05) is 44.8 Å². The number of aromatic amines is 1. The van der Waals surface area contributed by atoms with E-state index in [1.807, 2.05) is 19.3 Å². The van der Waals surface area contributed by atoms with E-state index in [-0.39, 0.29) is 5.91 Å². The van der Waals surface area contributed by atoms with Crippen LogP contribution < -0.4 is 10.6 Å². The third kappa shape index (κ3) is 3.21. The molecule has 96 valence electrons. The lowest BCUT2D eigenvalue weighted by Gasteiger charge is -2.07. The first kappa shape index (κ1) is 12.4. The number of hydrogen-bond acceptors (Lipinski definition) is 3. The van der Waals surface area contributed by atoms with E-state index in [1.165, 1.54) is 5.69 Å². The normalized spacial score (nSPS) is 10.5. The maximum atomic E-state index is 11.5. The molecule has 0 aliphatic carbocycles. The number of aryl methyl sites for hydroxylation is 1. The van der Waals surface area contributed by atoms with Crippen LogP contribution in [0.5, 0.6) is 0 Å². The van der Waals surface area contributed by atoms with Crippen molar-refractivity contribution in [3.63, 3.8) is 0 Å². The summed E-state index contributed by atoms with van der Waals surface area (Å²) in [6, 6.07) is 5.72. The smallest absolute Gasteiger partial charge is 0.269 e. The summed E-state index contributed by atoms with van der Waals surface area (Å²) < 4.78 is 2.07. The molecule has 18 heavy (non-hydrogen) atoms. The van der Waals surface area contributed by atoms with Crippen molar-refractivity contribution >= 4 is 5.91 Å². The van der Waals surface area contributed by atoms with Crippen LogP contribution in [0, 0.1) is 0 Å². The fourth-order valence-electron chi connectivity index (χ4n) is 1.64. The first-order chi connectivity index (χ1) is 8.77. The zero-order chi connectivity index (χ0) is 12.8. The van der Waals surface area contributed by atoms with Gasteiger partial charge in [-0.25, -0.2) is 0 Å². The third-order valence-electron chi connectivity index (χ3n) is 2.69. The number of nitrogens with one attached hydrogen (secondary N) is 3. The van der Waals surface area contributed by atoms with Gasteiger partial charge in [0.25, 0.3) is 5.91 Å². The highest BCUT2D eigenvalue weighted by molar-refractivity contribution is 5.92. The monoisotopic (exact) mass is 247 g/mol. The lowest BCUT2D eigenvalue weighted by Crippen LogP contribution is -2.32. The van der Waals surface area contributed by atoms with Crippen LogP contribution in [0.1, 0.15) is 16.2 Å². The van der Waals surface area contributed by atoms with Crippen molar-refractivity contribution in [2.45, 2.75) is 6.54 Å². The molecule has 2 rings (SSSR count). The van der Waals surface area contributed by atoms with Crippen LogP contribution in [0.2, 0.25) is 0 Å². The molecule has 0 spiro atoms. The molecular weight excluding hydrogens is 230 g/mol. The SMILES string of the molecule is Cn1cccc1CNCCNC(=O)c1ccn[nH]1. The summed E-state index contributed by atoms with van der Waals surface area (Å²) in [6.07, 6.45) is 3.57. The predicted octanol–water partition coefficient (Wildman–Crippen LogP) is 0.268. The van der Waals surface area contributed by atoms with Crippen LogP contribution in [0.4, 0.5) is 0 Å². The second kappa shape index (κ2) is 6.02. The Hall–Kier alpha value is -2.08. The summed E-state index contributed by atoms with van der Waals surface area (Å²) in [7, 11) is 2.01. The minimum Gasteiger partial charge on any atom is -0.353 e. The molecule has 0 bridgehead atoms. The largest absolute Gasteiger partial charge is 0.353 e. The molecule has 0 aromatic carbocycles. The number of aromatic nitrogens is 3. The lowest BCUT2D eigenvalue weighted by molar-refractivity contribution is 0.0949. The molecule has 1 amide bonds. The maximum absolute atomic E-state index is 11.5. The van der Waals surface area contributed by atoms with E-state index in [1.54, 1.807) is 12.3 Å². The van der Waals surface area contributed by atoms with E-state index in [9.17, 15) is 4.79 Å². The minimum atomic E-state index is -0.131. The highest BCUT2D eigenvalue weighted by Crippen LogP contribution is 1.97. The summed E-state index contributed by atoms with van der Waals surface area (Å²) in [4.78, 5) is 11.5. The van der Waals surface area contributed by atoms with Crippen molar-refractivity contribution < 1.29 is 4.79 Å². The lowest BCUT2D eigenvalue weighted by atomic mass is 10.4. The van der Waals surface area contributed by atoms with Crippen molar-refractivity contribution in [1.82, 2.24) is 25.4 Å². The van der Waals surface area contributed by atoms with Crippen LogP contribution in [-0.4, -0.2) is 33.8 Å². The van der Waals surface area contributed by atoms with E-state index >= 15 is 0 Å². The fraction of sp³-hybridized carbons (Fsp3) is 0.333. The molecule has 0 saturated carbocycles. The second-order valence-electron chi connectivity index (χ2n) is 4.01. The number of rotatable bonds is 6. The van der Waals surface area contributed by atoms with E-state index in [4.69, 9.17) is 0 Å². The van der Waals surface area contributed by atoms with Gasteiger partial charge in [0.2, 0.25) is 0 Å². The zero-order valence-corrected chi connectivity index (χ0v) is 10.3. The molecule has 2 aromatic rings. The Balaban J connectivity index is 1.62. The predicted molar refractivity (Wildman–Crippen MR) is 68.0 cm³/mol. The van der Waals surface area contributed by atoms with Gasteiger partial charge in [-0.3, -0.25) is 9.89 Å². The Morgan fingerprint density at radius 3 is 3.00 bits per heavy atom. The number of carbonyl (C=O) groups is 1. The van der Waals surface area contributed by atoms with E-state index < -0.39 is 0 Å². The van der Waals surface area contributed by atoms with Crippen molar-refractivity contribution in [2.75, 3.05) is 13.1 Å². The second-order valence-corrected chi connectivity index (χ2v) is 4.01. The van der Waals surface area contributed by atoms with Gasteiger partial charge in [-0.05, 0) is 18.2 Å². The van der Waals surface area contributed by atoms with Crippen LogP contribution in [0.25, 0.3) is 0 Å². The molecular formula is C12H17N5O. The van der Waals surface area contributed by atoms with Crippen molar-refractivity contribution in [3.8, 4) is 0 Å². The Bertz CT molecular complexity index is 488. The zero-order valence-electron chi connectivity index (χ0n) is 10.3. The first-order valence-corrected chi connectivity index (χ1v) is 5.86. The third-order valence-corrected chi connectivity index (χ3v) is 2.69. The van der Waals surface area contributed by atoms with Gasteiger partial charge in [0.05, 0.1) is 0 Å². The standard InChI is InChI=1S/C12H17N5O/c1-17-8-2-3-10(17)9-13-6-7-14-12(18)11-4-5-15-16-11/h2-5,8,13H,6-7,9H2,1H3,(H,14,18)(H,15,16). The van der Waals surface area contributed by atoms with Gasteiger partial charge >= 0.3 is 0 Å². The van der Waals surface area contributed by atoms with Crippen molar-refractivity contribution in [1.29, 1.82) is 0 Å². The molecule has 0 aliphatic heterocycles. The average Bonchev–Trinajstić information content (AvgIpc) is 3.00. The van der Waals surface area contributed by atoms with E-state index in [0.29, 0.717) is 12.2 Å². The Morgan fingerprint density at radius 2 is 2.33 bits per heavy atom. The Labute approximate surface area is 105 Å². The molecule has 2 aromatic heterocycles. The summed E-state index contributed by atoms with van der Waals surface area (Å²) in [6.45, 7) is 2.11. The fourth-order valence-corrected chi connectivity index (χ4v) is 1.64. The number of hydrogen-bond donors (Lipinski definition) is 3. The van der Waals surface area contributed by atoms with Gasteiger partial charge < -0.3 is 15.2 Å². The molecule has 2 heterocycles. The minimum absolute atomic E-state index is 0.131. The molecule has 0 saturated heterocycles. The molecule has 0 unspecified atom stereocenters. The van der Waals surface area contributed by atoms with Crippen LogP contribution in [0.15, 0.2) is 30.6 Å². The highest BCUT2D eigenvalue weighted by Gasteiger charge is 2.04. The van der Waals surface area contributed by atoms with Gasteiger partial charge in [-0.1, -0.05) is 0 Å². The van der Waals surface area contributed by atoms with Gasteiger partial charge in [0.1, 0.15) is 5.69 Å². The van der Waals surface area contributed by atoms with E-state index in [2.05, 4.69) is 31.5 Å². The van der Waals surface area contributed by atoms with Crippen LogP contribution >= 0.6 is 0 Å². The molecule has 6 nitrogen and oxygen atoms in total. The average molecular weight is 247 g/mol. The number of carbonyl (C=O) groups excluding carboxylic acids is 1. The summed E-state index contributed by atoms with van der Waals surface area (Å²) >= 11 is 0. The summed E-state index contributed by atoms with van der Waals surface area (Å²) in [5, 5.41) is 12.4. The van der Waals surface area contributed by atoms with Crippen LogP contribution in [-0.2, 0) is 13.6 Å². The van der Waals surface area contributed by atoms with E-state index in [0.717, 1.165) is 13.1 Å². The highest BCUT2D eigenvalue weighted by atomic mass is 16.1. The molecule has 6 heteroatoms. The topological polar surface area (TPSA) is 74.7 Å². The molecule has 0 aliphatic rings. The molecule has 0 radical (unpaired) electrons. The molecule has 3 N–H and O–H groups in total. The molecule has 0 atom stereocenters. The van der Waals surface area contributed by atoms with Gasteiger partial charge in [-0.2, -0.15) is 5.10 Å². The van der Waals surface area contributed by atoms with Crippen molar-refractivity contribution in [2.24, 2.45) is 7.05 Å². The van der Waals surface area contributed by atoms with Gasteiger partial charge in [0.15, 0.2) is 0 Å². The van der Waals surface area contributed by atoms with Crippen LogP contribution in [0.3, 0.4) is 0 Å². The van der Waals surface area contributed by atoms with Crippen molar-refractivity contribution in [3.05, 3.63) is 42.0 Å². The molecule has 0 fully saturated rings. The summed E-state index contributed by atoms with van der Waals surface area (Å²) in [5.74, 6) is -0.131. The number of amides is 1. The Kier molecular flexibility index (Phi) is 4.14. The summed E-state index contributed by atoms with van der Waals surface area (Å²) in [5.41, 5.74) is 1.70. The number of nitrogens with zero attached hydrogens (tertiary/aromatic N) is 2. The number of H-pyrrole nitrogens is 1. The Morgan fingerprint density at radius 1 is 1.44 bits per heavy atom. The first-order valence-electron chi connectivity index (χ1n) is 5.86. The quantitative estimate of drug-likeness (QED) is 0.641. The maximum Gasteiger partial charge on any atom is 0.269 e. The van der Waals surface area contributed by atoms with Gasteiger partial charge in [-0.15, -0.1) is 0 Å².